The fraction of sp³-hybridized carbons (Fsp3) is 0.294. The lowest BCUT2D eigenvalue weighted by atomic mass is 10.1. The van der Waals surface area contributed by atoms with Crippen molar-refractivity contribution in [3.8, 4) is 5.75 Å². The summed E-state index contributed by atoms with van der Waals surface area (Å²) in [5.41, 5.74) is 0.648. The van der Waals surface area contributed by atoms with Gasteiger partial charge in [-0.15, -0.1) is 0 Å². The fourth-order valence-electron chi connectivity index (χ4n) is 2.85. The molecule has 5 nitrogen and oxygen atoms in total. The lowest BCUT2D eigenvalue weighted by molar-refractivity contribution is -0.384. The van der Waals surface area contributed by atoms with E-state index in [4.69, 9.17) is 4.74 Å². The highest BCUT2D eigenvalue weighted by Crippen LogP contribution is 2.31. The van der Waals surface area contributed by atoms with Gasteiger partial charge in [0, 0.05) is 38.1 Å². The van der Waals surface area contributed by atoms with Crippen molar-refractivity contribution in [1.82, 2.24) is 0 Å². The Kier molecular flexibility index (Phi) is 4.59. The van der Waals surface area contributed by atoms with Crippen LogP contribution >= 0.6 is 0 Å². The van der Waals surface area contributed by atoms with Crippen LogP contribution in [0.4, 0.5) is 20.2 Å². The van der Waals surface area contributed by atoms with Crippen LogP contribution in [0.3, 0.4) is 0 Å². The molecular weight excluding hydrogens is 318 g/mol. The average Bonchev–Trinajstić information content (AvgIpc) is 2.58. The van der Waals surface area contributed by atoms with Crippen LogP contribution in [0, 0.1) is 21.7 Å². The minimum atomic E-state index is -0.726. The summed E-state index contributed by atoms with van der Waals surface area (Å²) < 4.78 is 32.2. The van der Waals surface area contributed by atoms with Crippen molar-refractivity contribution in [2.45, 2.75) is 18.9 Å². The van der Waals surface area contributed by atoms with Gasteiger partial charge in [-0.2, -0.15) is 0 Å². The highest BCUT2D eigenvalue weighted by Gasteiger charge is 2.25. The summed E-state index contributed by atoms with van der Waals surface area (Å²) in [5.74, 6) is -1.34. The van der Waals surface area contributed by atoms with E-state index in [1.165, 1.54) is 12.1 Å². The van der Waals surface area contributed by atoms with Gasteiger partial charge in [0.25, 0.3) is 5.69 Å². The predicted molar refractivity (Wildman–Crippen MR) is 85.3 cm³/mol. The standard InChI is InChI=1S/C17H16F2N2O3/c18-12-5-6-17(14(19)11-12)24-13-7-9-20(10-8-13)15-3-1-2-4-16(15)21(22)23/h1-6,11,13H,7-10H2. The van der Waals surface area contributed by atoms with Crippen molar-refractivity contribution in [1.29, 1.82) is 0 Å². The fourth-order valence-corrected chi connectivity index (χ4v) is 2.85. The van der Waals surface area contributed by atoms with Gasteiger partial charge in [0.1, 0.15) is 17.6 Å². The number of nitrogens with zero attached hydrogens (tertiary/aromatic N) is 2. The van der Waals surface area contributed by atoms with Gasteiger partial charge in [-0.05, 0) is 18.2 Å². The summed E-state index contributed by atoms with van der Waals surface area (Å²) in [4.78, 5) is 12.6. The second-order valence-corrected chi connectivity index (χ2v) is 5.62. The van der Waals surface area contributed by atoms with Crippen molar-refractivity contribution in [2.24, 2.45) is 0 Å². The zero-order valence-electron chi connectivity index (χ0n) is 12.8. The van der Waals surface area contributed by atoms with Crippen LogP contribution < -0.4 is 9.64 Å². The molecule has 24 heavy (non-hydrogen) atoms. The average molecular weight is 334 g/mol. The molecule has 0 bridgehead atoms. The Bertz CT molecular complexity index is 746. The number of nitro benzene ring substituents is 1. The number of nitro groups is 1. The smallest absolute Gasteiger partial charge is 0.292 e. The Morgan fingerprint density at radius 3 is 2.50 bits per heavy atom. The van der Waals surface area contributed by atoms with Crippen molar-refractivity contribution < 1.29 is 18.4 Å². The molecule has 1 aliphatic heterocycles. The molecule has 2 aromatic carbocycles. The summed E-state index contributed by atoms with van der Waals surface area (Å²) in [6, 6.07) is 9.82. The number of ether oxygens (including phenoxy) is 1. The Morgan fingerprint density at radius 2 is 1.83 bits per heavy atom. The van der Waals surface area contributed by atoms with E-state index in [1.807, 2.05) is 4.90 Å². The molecule has 126 valence electrons. The molecule has 1 heterocycles. The van der Waals surface area contributed by atoms with Crippen LogP contribution in [0.5, 0.6) is 5.75 Å². The van der Waals surface area contributed by atoms with E-state index in [2.05, 4.69) is 0 Å². The number of halogens is 2. The lowest BCUT2D eigenvalue weighted by Crippen LogP contribution is -2.38. The third-order valence-electron chi connectivity index (χ3n) is 4.05. The second-order valence-electron chi connectivity index (χ2n) is 5.62. The zero-order valence-corrected chi connectivity index (χ0v) is 12.8. The molecule has 3 rings (SSSR count). The van der Waals surface area contributed by atoms with E-state index in [0.717, 1.165) is 12.1 Å². The molecule has 0 saturated carbocycles. The van der Waals surface area contributed by atoms with Crippen LogP contribution in [0.2, 0.25) is 0 Å². The lowest BCUT2D eigenvalue weighted by Gasteiger charge is -2.33. The van der Waals surface area contributed by atoms with Crippen LogP contribution in [-0.4, -0.2) is 24.1 Å². The molecule has 7 heteroatoms. The molecule has 0 atom stereocenters. The maximum absolute atomic E-state index is 13.6. The molecule has 2 aromatic rings. The molecule has 0 aliphatic carbocycles. The van der Waals surface area contributed by atoms with Crippen molar-refractivity contribution >= 4 is 11.4 Å². The minimum absolute atomic E-state index is 0.0283. The molecule has 0 N–H and O–H groups in total. The number of para-hydroxylation sites is 2. The van der Waals surface area contributed by atoms with Crippen molar-refractivity contribution in [3.05, 3.63) is 64.2 Å². The minimum Gasteiger partial charge on any atom is -0.487 e. The van der Waals surface area contributed by atoms with E-state index >= 15 is 0 Å². The van der Waals surface area contributed by atoms with Gasteiger partial charge in [0.2, 0.25) is 0 Å². The monoisotopic (exact) mass is 334 g/mol. The summed E-state index contributed by atoms with van der Waals surface area (Å²) >= 11 is 0. The summed E-state index contributed by atoms with van der Waals surface area (Å²) in [6.45, 7) is 1.14. The maximum atomic E-state index is 13.6. The van der Waals surface area contributed by atoms with Crippen molar-refractivity contribution in [2.75, 3.05) is 18.0 Å². The molecule has 1 fully saturated rings. The third-order valence-corrected chi connectivity index (χ3v) is 4.05. The quantitative estimate of drug-likeness (QED) is 0.628. The van der Waals surface area contributed by atoms with Crippen LogP contribution in [-0.2, 0) is 0 Å². The van der Waals surface area contributed by atoms with Gasteiger partial charge in [-0.1, -0.05) is 12.1 Å². The van der Waals surface area contributed by atoms with Gasteiger partial charge >= 0.3 is 0 Å². The Balaban J connectivity index is 1.65. The number of piperidine rings is 1. The number of hydrogen-bond acceptors (Lipinski definition) is 4. The molecule has 0 spiro atoms. The molecule has 0 unspecified atom stereocenters. The number of anilines is 1. The molecule has 0 radical (unpaired) electrons. The van der Waals surface area contributed by atoms with E-state index in [1.54, 1.807) is 18.2 Å². The first-order chi connectivity index (χ1) is 11.5. The first-order valence-electron chi connectivity index (χ1n) is 7.64. The van der Waals surface area contributed by atoms with Gasteiger partial charge in [-0.3, -0.25) is 10.1 Å². The molecule has 0 amide bonds. The second kappa shape index (κ2) is 6.82. The summed E-state index contributed by atoms with van der Waals surface area (Å²) in [5, 5.41) is 11.1. The molecule has 1 saturated heterocycles. The molecular formula is C17H16F2N2O3. The first-order valence-corrected chi connectivity index (χ1v) is 7.64. The van der Waals surface area contributed by atoms with E-state index in [-0.39, 0.29) is 17.5 Å². The van der Waals surface area contributed by atoms with Gasteiger partial charge in [0.15, 0.2) is 11.6 Å². The Morgan fingerprint density at radius 1 is 1.12 bits per heavy atom. The Labute approximate surface area is 137 Å². The Hall–Kier alpha value is -2.70. The molecule has 1 aliphatic rings. The van der Waals surface area contributed by atoms with Gasteiger partial charge in [0.05, 0.1) is 4.92 Å². The van der Waals surface area contributed by atoms with Gasteiger partial charge in [-0.25, -0.2) is 8.78 Å². The largest absolute Gasteiger partial charge is 0.487 e. The van der Waals surface area contributed by atoms with Crippen LogP contribution in [0.15, 0.2) is 42.5 Å². The number of hydrogen-bond donors (Lipinski definition) is 0. The van der Waals surface area contributed by atoms with Crippen LogP contribution in [0.1, 0.15) is 12.8 Å². The van der Waals surface area contributed by atoms with E-state index < -0.39 is 16.6 Å². The predicted octanol–water partition coefficient (Wildman–Crippen LogP) is 3.92. The normalized spacial score (nSPS) is 15.3. The maximum Gasteiger partial charge on any atom is 0.292 e. The third kappa shape index (κ3) is 3.45. The van der Waals surface area contributed by atoms with Crippen LogP contribution in [0.25, 0.3) is 0 Å². The number of rotatable bonds is 4. The highest BCUT2D eigenvalue weighted by atomic mass is 19.1. The molecule has 0 aromatic heterocycles. The highest BCUT2D eigenvalue weighted by molar-refractivity contribution is 5.63. The SMILES string of the molecule is O=[N+]([O-])c1ccccc1N1CCC(Oc2ccc(F)cc2F)CC1. The number of benzene rings is 2. The zero-order chi connectivity index (χ0) is 17.1. The summed E-state index contributed by atoms with van der Waals surface area (Å²) in [6.07, 6.45) is 0.995. The van der Waals surface area contributed by atoms with E-state index in [0.29, 0.717) is 31.6 Å². The van der Waals surface area contributed by atoms with Crippen molar-refractivity contribution in [3.63, 3.8) is 0 Å². The first kappa shape index (κ1) is 16.2. The van der Waals surface area contributed by atoms with E-state index in [9.17, 15) is 18.9 Å². The summed E-state index contributed by atoms with van der Waals surface area (Å²) in [7, 11) is 0. The topological polar surface area (TPSA) is 55.6 Å². The van der Waals surface area contributed by atoms with Gasteiger partial charge < -0.3 is 9.64 Å².